The molecule has 2 aromatic carbocycles. The highest BCUT2D eigenvalue weighted by Crippen LogP contribution is 2.21. The topological polar surface area (TPSA) is 105 Å². The van der Waals surface area contributed by atoms with E-state index in [4.69, 9.17) is 0 Å². The highest BCUT2D eigenvalue weighted by molar-refractivity contribution is 5.92. The zero-order chi connectivity index (χ0) is 19.5. The summed E-state index contributed by atoms with van der Waals surface area (Å²) in [5.74, 6) is 1.12. The second-order valence-electron chi connectivity index (χ2n) is 6.33. The molecule has 0 aliphatic heterocycles. The lowest BCUT2D eigenvalue weighted by molar-refractivity contribution is -0.114. The second kappa shape index (κ2) is 7.36. The number of carbonyl (C=O) groups excluding carboxylic acids is 1. The van der Waals surface area contributed by atoms with Crippen molar-refractivity contribution in [2.45, 2.75) is 13.5 Å². The molecule has 0 fully saturated rings. The zero-order valence-corrected chi connectivity index (χ0v) is 15.1. The fourth-order valence-corrected chi connectivity index (χ4v) is 2.96. The summed E-state index contributed by atoms with van der Waals surface area (Å²) < 4.78 is 1.43. The van der Waals surface area contributed by atoms with Crippen LogP contribution in [0.3, 0.4) is 0 Å². The van der Waals surface area contributed by atoms with Crippen molar-refractivity contribution < 1.29 is 4.79 Å². The number of hydrogen-bond acceptors (Lipinski definition) is 5. The van der Waals surface area contributed by atoms with E-state index in [0.717, 1.165) is 10.9 Å². The number of rotatable bonds is 5. The van der Waals surface area contributed by atoms with Crippen molar-refractivity contribution in [3.8, 4) is 0 Å². The number of nitrogens with one attached hydrogen (secondary N) is 3. The lowest BCUT2D eigenvalue weighted by Crippen LogP contribution is -2.24. The molecule has 140 valence electrons. The minimum atomic E-state index is -0.170. The van der Waals surface area contributed by atoms with Gasteiger partial charge in [-0.05, 0) is 23.8 Å². The van der Waals surface area contributed by atoms with Gasteiger partial charge in [0.1, 0.15) is 5.82 Å². The average molecular weight is 374 g/mol. The quantitative estimate of drug-likeness (QED) is 0.498. The van der Waals surface area contributed by atoms with E-state index in [-0.39, 0.29) is 11.5 Å². The number of carbonyl (C=O) groups is 1. The minimum absolute atomic E-state index is 0.130. The summed E-state index contributed by atoms with van der Waals surface area (Å²) in [6, 6.07) is 16.4. The number of benzene rings is 2. The second-order valence-corrected chi connectivity index (χ2v) is 6.33. The van der Waals surface area contributed by atoms with E-state index in [1.807, 2.05) is 30.3 Å². The molecular weight excluding hydrogens is 356 g/mol. The molecule has 0 saturated heterocycles. The van der Waals surface area contributed by atoms with Gasteiger partial charge in [-0.3, -0.25) is 14.7 Å². The highest BCUT2D eigenvalue weighted by Gasteiger charge is 2.11. The molecule has 3 N–H and O–H groups in total. The Kier molecular flexibility index (Phi) is 4.59. The molecule has 2 heterocycles. The summed E-state index contributed by atoms with van der Waals surface area (Å²) in [6.07, 6.45) is 1.64. The van der Waals surface area contributed by atoms with Gasteiger partial charge in [-0.2, -0.15) is 10.2 Å². The van der Waals surface area contributed by atoms with E-state index in [9.17, 15) is 9.59 Å². The van der Waals surface area contributed by atoms with Crippen LogP contribution >= 0.6 is 0 Å². The Bertz CT molecular complexity index is 1180. The first kappa shape index (κ1) is 17.5. The Morgan fingerprint density at radius 2 is 1.82 bits per heavy atom. The van der Waals surface area contributed by atoms with Gasteiger partial charge in [0.05, 0.1) is 18.1 Å². The van der Waals surface area contributed by atoms with E-state index in [2.05, 4.69) is 25.9 Å². The molecule has 0 atom stereocenters. The van der Waals surface area contributed by atoms with Crippen LogP contribution in [-0.2, 0) is 11.3 Å². The number of fused-ring (bicyclic) bond motifs is 1. The zero-order valence-electron chi connectivity index (χ0n) is 15.1. The summed E-state index contributed by atoms with van der Waals surface area (Å²) in [6.45, 7) is 1.77. The molecule has 4 rings (SSSR count). The Morgan fingerprint density at radius 1 is 1.07 bits per heavy atom. The molecule has 28 heavy (non-hydrogen) atoms. The molecule has 0 aliphatic rings. The van der Waals surface area contributed by atoms with Gasteiger partial charge in [-0.25, -0.2) is 4.68 Å². The number of aromatic nitrogens is 4. The lowest BCUT2D eigenvalue weighted by atomic mass is 10.1. The maximum atomic E-state index is 12.9. The van der Waals surface area contributed by atoms with Crippen molar-refractivity contribution in [2.24, 2.45) is 0 Å². The van der Waals surface area contributed by atoms with Gasteiger partial charge >= 0.3 is 0 Å². The first-order chi connectivity index (χ1) is 13.6. The average Bonchev–Trinajstić information content (AvgIpc) is 3.20. The molecule has 1 amide bonds. The van der Waals surface area contributed by atoms with Crippen molar-refractivity contribution >= 4 is 34.0 Å². The third-order valence-corrected chi connectivity index (χ3v) is 4.23. The van der Waals surface area contributed by atoms with E-state index in [1.54, 1.807) is 30.5 Å². The SMILES string of the molecule is CC(=O)Nc1ccc(Cn2nc(Nc3ccn[nH]3)c3ccccc3c2=O)cc1. The summed E-state index contributed by atoms with van der Waals surface area (Å²) in [5.41, 5.74) is 1.43. The van der Waals surface area contributed by atoms with Crippen molar-refractivity contribution in [3.05, 3.63) is 76.7 Å². The van der Waals surface area contributed by atoms with Crippen LogP contribution in [0.5, 0.6) is 0 Å². The molecule has 0 aliphatic carbocycles. The van der Waals surface area contributed by atoms with E-state index in [1.165, 1.54) is 11.6 Å². The Hall–Kier alpha value is -3.94. The monoisotopic (exact) mass is 374 g/mol. The predicted molar refractivity (Wildman–Crippen MR) is 108 cm³/mol. The molecule has 8 heteroatoms. The van der Waals surface area contributed by atoms with Crippen LogP contribution in [-0.4, -0.2) is 25.9 Å². The van der Waals surface area contributed by atoms with E-state index >= 15 is 0 Å². The van der Waals surface area contributed by atoms with Crippen LogP contribution in [0.1, 0.15) is 12.5 Å². The highest BCUT2D eigenvalue weighted by atomic mass is 16.1. The largest absolute Gasteiger partial charge is 0.326 e. The van der Waals surface area contributed by atoms with Crippen LogP contribution in [0.15, 0.2) is 65.6 Å². The number of H-pyrrole nitrogens is 1. The van der Waals surface area contributed by atoms with Gasteiger partial charge in [0, 0.05) is 24.1 Å². The third kappa shape index (κ3) is 3.61. The molecule has 4 aromatic rings. The van der Waals surface area contributed by atoms with Crippen LogP contribution in [0, 0.1) is 0 Å². The normalized spacial score (nSPS) is 10.8. The molecular formula is C20H18N6O2. The van der Waals surface area contributed by atoms with Gasteiger partial charge < -0.3 is 10.6 Å². The van der Waals surface area contributed by atoms with Gasteiger partial charge in [-0.1, -0.05) is 30.3 Å². The third-order valence-electron chi connectivity index (χ3n) is 4.23. The fourth-order valence-electron chi connectivity index (χ4n) is 2.96. The van der Waals surface area contributed by atoms with Crippen LogP contribution < -0.4 is 16.2 Å². The van der Waals surface area contributed by atoms with Gasteiger partial charge in [-0.15, -0.1) is 0 Å². The first-order valence-electron chi connectivity index (χ1n) is 8.73. The van der Waals surface area contributed by atoms with Gasteiger partial charge in [0.2, 0.25) is 5.91 Å². The van der Waals surface area contributed by atoms with Crippen LogP contribution in [0.25, 0.3) is 10.8 Å². The predicted octanol–water partition coefficient (Wildman–Crippen LogP) is 2.87. The number of nitrogens with zero attached hydrogens (tertiary/aromatic N) is 3. The maximum Gasteiger partial charge on any atom is 0.275 e. The molecule has 8 nitrogen and oxygen atoms in total. The molecule has 0 unspecified atom stereocenters. The molecule has 0 saturated carbocycles. The van der Waals surface area contributed by atoms with Gasteiger partial charge in [0.25, 0.3) is 5.56 Å². The van der Waals surface area contributed by atoms with Crippen molar-refractivity contribution in [1.29, 1.82) is 0 Å². The van der Waals surface area contributed by atoms with Gasteiger partial charge in [0.15, 0.2) is 5.82 Å². The van der Waals surface area contributed by atoms with Crippen LogP contribution in [0.4, 0.5) is 17.3 Å². The van der Waals surface area contributed by atoms with Crippen molar-refractivity contribution in [3.63, 3.8) is 0 Å². The summed E-state index contributed by atoms with van der Waals surface area (Å²) >= 11 is 0. The lowest BCUT2D eigenvalue weighted by Gasteiger charge is -2.12. The maximum absolute atomic E-state index is 12.9. The smallest absolute Gasteiger partial charge is 0.275 e. The van der Waals surface area contributed by atoms with Crippen molar-refractivity contribution in [2.75, 3.05) is 10.6 Å². The summed E-state index contributed by atoms with van der Waals surface area (Å²) in [7, 11) is 0. The molecule has 0 bridgehead atoms. The van der Waals surface area contributed by atoms with Crippen LogP contribution in [0.2, 0.25) is 0 Å². The van der Waals surface area contributed by atoms with E-state index in [0.29, 0.717) is 29.3 Å². The summed E-state index contributed by atoms with van der Waals surface area (Å²) in [4.78, 5) is 24.0. The number of anilines is 3. The minimum Gasteiger partial charge on any atom is -0.326 e. The molecule has 0 radical (unpaired) electrons. The standard InChI is InChI=1S/C20H18N6O2/c1-13(27)22-15-8-6-14(7-9-15)12-26-20(28)17-5-3-2-4-16(17)19(25-26)23-18-10-11-21-24-18/h2-11H,12H2,1H3,(H,22,27)(H2,21,23,24,25). The Morgan fingerprint density at radius 3 is 2.50 bits per heavy atom. The fraction of sp³-hybridized carbons (Fsp3) is 0.100. The first-order valence-corrected chi connectivity index (χ1v) is 8.73. The van der Waals surface area contributed by atoms with Crippen molar-refractivity contribution in [1.82, 2.24) is 20.0 Å². The number of hydrogen-bond donors (Lipinski definition) is 3. The number of amides is 1. The molecule has 0 spiro atoms. The Balaban J connectivity index is 1.71. The van der Waals surface area contributed by atoms with E-state index < -0.39 is 0 Å². The number of aromatic amines is 1. The molecule has 2 aromatic heterocycles. The summed E-state index contributed by atoms with van der Waals surface area (Å²) in [5, 5.41) is 18.5. The Labute approximate surface area is 160 Å².